The van der Waals surface area contributed by atoms with Crippen LogP contribution in [-0.2, 0) is 12.7 Å². The fourth-order valence-corrected chi connectivity index (χ4v) is 4.16. The molecule has 1 fully saturated rings. The van der Waals surface area contributed by atoms with Gasteiger partial charge in [-0.05, 0) is 53.6 Å². The summed E-state index contributed by atoms with van der Waals surface area (Å²) >= 11 is 0. The van der Waals surface area contributed by atoms with Gasteiger partial charge in [0.05, 0.1) is 18.8 Å². The highest BCUT2D eigenvalue weighted by Crippen LogP contribution is 2.34. The number of piperidine rings is 1. The molecule has 0 bridgehead atoms. The van der Waals surface area contributed by atoms with Gasteiger partial charge in [-0.15, -0.1) is 5.10 Å². The second kappa shape index (κ2) is 8.64. The number of hydrogen-bond donors (Lipinski definition) is 1. The maximum absolute atomic E-state index is 13.3. The average Bonchev–Trinajstić information content (AvgIpc) is 3.25. The first kappa shape index (κ1) is 21.3. The molecule has 0 aliphatic carbocycles. The van der Waals surface area contributed by atoms with Crippen LogP contribution in [0.4, 0.5) is 13.2 Å². The first-order valence-electron chi connectivity index (χ1n) is 9.96. The maximum Gasteiger partial charge on any atom is 0.453 e. The van der Waals surface area contributed by atoms with Crippen LogP contribution in [0.25, 0.3) is 5.69 Å². The monoisotopic (exact) mass is 432 g/mol. The van der Waals surface area contributed by atoms with Crippen molar-refractivity contribution in [1.82, 2.24) is 25.1 Å². The summed E-state index contributed by atoms with van der Waals surface area (Å²) in [4.78, 5) is 2.25. The molecule has 7 nitrogen and oxygen atoms in total. The molecule has 2 atom stereocenters. The normalized spacial score (nSPS) is 20.0. The summed E-state index contributed by atoms with van der Waals surface area (Å²) in [5.74, 6) is -0.595. The Balaban J connectivity index is 1.69. The van der Waals surface area contributed by atoms with Crippen LogP contribution in [0.2, 0.25) is 0 Å². The SMILES string of the molecule is COc1ccc(-n2nnnc2C(F)(F)F)cc1CN1CCC[C@H](N)[C@H]1c1ccccc1. The van der Waals surface area contributed by atoms with Crippen molar-refractivity contribution in [3.05, 3.63) is 65.5 Å². The molecular formula is C21H23F3N6O. The van der Waals surface area contributed by atoms with E-state index in [9.17, 15) is 13.2 Å². The number of nitrogens with zero attached hydrogens (tertiary/aromatic N) is 5. The Bertz CT molecular complexity index is 1020. The summed E-state index contributed by atoms with van der Waals surface area (Å²) in [5.41, 5.74) is 8.54. The smallest absolute Gasteiger partial charge is 0.453 e. The van der Waals surface area contributed by atoms with Crippen molar-refractivity contribution in [1.29, 1.82) is 0 Å². The summed E-state index contributed by atoms with van der Waals surface area (Å²) in [6, 6.07) is 14.7. The van der Waals surface area contributed by atoms with E-state index >= 15 is 0 Å². The van der Waals surface area contributed by atoms with Crippen molar-refractivity contribution < 1.29 is 17.9 Å². The minimum atomic E-state index is -4.67. The Labute approximate surface area is 177 Å². The number of hydrogen-bond acceptors (Lipinski definition) is 6. The highest BCUT2D eigenvalue weighted by molar-refractivity contribution is 5.44. The second-order valence-corrected chi connectivity index (χ2v) is 7.54. The maximum atomic E-state index is 13.3. The molecule has 1 saturated heterocycles. The third-order valence-electron chi connectivity index (χ3n) is 5.53. The fraction of sp³-hybridized carbons (Fsp3) is 0.381. The van der Waals surface area contributed by atoms with Crippen molar-refractivity contribution in [3.63, 3.8) is 0 Å². The largest absolute Gasteiger partial charge is 0.496 e. The lowest BCUT2D eigenvalue weighted by Gasteiger charge is -2.40. The van der Waals surface area contributed by atoms with E-state index in [1.807, 2.05) is 30.3 Å². The summed E-state index contributed by atoms with van der Waals surface area (Å²) < 4.78 is 46.0. The highest BCUT2D eigenvalue weighted by atomic mass is 19.4. The van der Waals surface area contributed by atoms with Crippen molar-refractivity contribution in [2.24, 2.45) is 5.73 Å². The quantitative estimate of drug-likeness (QED) is 0.666. The zero-order chi connectivity index (χ0) is 22.0. The minimum Gasteiger partial charge on any atom is -0.496 e. The summed E-state index contributed by atoms with van der Waals surface area (Å²) in [6.07, 6.45) is -2.81. The van der Waals surface area contributed by atoms with Crippen LogP contribution in [0.1, 0.15) is 35.8 Å². The average molecular weight is 432 g/mol. The predicted molar refractivity (Wildman–Crippen MR) is 108 cm³/mol. The number of benzene rings is 2. The van der Waals surface area contributed by atoms with Gasteiger partial charge in [-0.25, -0.2) is 0 Å². The van der Waals surface area contributed by atoms with Gasteiger partial charge < -0.3 is 10.5 Å². The number of methoxy groups -OCH3 is 1. The van der Waals surface area contributed by atoms with E-state index in [1.165, 1.54) is 13.2 Å². The van der Waals surface area contributed by atoms with Crippen LogP contribution in [0.15, 0.2) is 48.5 Å². The molecule has 2 aromatic carbocycles. The van der Waals surface area contributed by atoms with Crippen molar-refractivity contribution in [2.45, 2.75) is 37.6 Å². The number of ether oxygens (including phenoxy) is 1. The van der Waals surface area contributed by atoms with Gasteiger partial charge in [0, 0.05) is 18.2 Å². The van der Waals surface area contributed by atoms with Gasteiger partial charge in [0.2, 0.25) is 0 Å². The number of halogens is 3. The molecule has 2 heterocycles. The van der Waals surface area contributed by atoms with Gasteiger partial charge in [0.25, 0.3) is 5.82 Å². The van der Waals surface area contributed by atoms with E-state index in [1.54, 1.807) is 12.1 Å². The molecule has 0 radical (unpaired) electrons. The summed E-state index contributed by atoms with van der Waals surface area (Å²) in [7, 11) is 1.54. The Kier molecular flexibility index (Phi) is 5.92. The Morgan fingerprint density at radius 3 is 2.65 bits per heavy atom. The molecule has 4 rings (SSSR count). The molecule has 2 N–H and O–H groups in total. The third kappa shape index (κ3) is 4.40. The molecule has 3 aromatic rings. The molecule has 1 aliphatic heterocycles. The van der Waals surface area contributed by atoms with E-state index in [-0.39, 0.29) is 17.8 Å². The Morgan fingerprint density at radius 2 is 1.94 bits per heavy atom. The topological polar surface area (TPSA) is 82.1 Å². The number of alkyl halides is 3. The highest BCUT2D eigenvalue weighted by Gasteiger charge is 2.38. The first-order chi connectivity index (χ1) is 14.9. The van der Waals surface area contributed by atoms with Crippen LogP contribution in [0.3, 0.4) is 0 Å². The summed E-state index contributed by atoms with van der Waals surface area (Å²) in [5, 5.41) is 9.86. The van der Waals surface area contributed by atoms with Gasteiger partial charge in [0.1, 0.15) is 5.75 Å². The van der Waals surface area contributed by atoms with E-state index in [2.05, 4.69) is 20.4 Å². The van der Waals surface area contributed by atoms with E-state index < -0.39 is 12.0 Å². The minimum absolute atomic E-state index is 0.00193. The van der Waals surface area contributed by atoms with Crippen molar-refractivity contribution in [3.8, 4) is 11.4 Å². The summed E-state index contributed by atoms with van der Waals surface area (Å²) in [6.45, 7) is 1.28. The van der Waals surface area contributed by atoms with E-state index in [0.29, 0.717) is 17.0 Å². The number of rotatable bonds is 5. The lowest BCUT2D eigenvalue weighted by Crippen LogP contribution is -2.45. The lowest BCUT2D eigenvalue weighted by molar-refractivity contribution is -0.146. The predicted octanol–water partition coefficient (Wildman–Crippen LogP) is 3.35. The molecule has 0 amide bonds. The molecule has 31 heavy (non-hydrogen) atoms. The Morgan fingerprint density at radius 1 is 1.16 bits per heavy atom. The standard InChI is InChI=1S/C21H23F3N6O/c1-31-18-10-9-16(30-20(21(22,23)24)26-27-28-30)12-15(18)13-29-11-5-8-17(25)19(29)14-6-3-2-4-7-14/h2-4,6-7,9-10,12,17,19H,5,8,11,13,25H2,1H3/t17-,19+/m0/s1. The van der Waals surface area contributed by atoms with E-state index in [0.717, 1.165) is 30.5 Å². The molecule has 1 aromatic heterocycles. The number of nitrogens with two attached hydrogens (primary N) is 1. The zero-order valence-corrected chi connectivity index (χ0v) is 17.0. The van der Waals surface area contributed by atoms with E-state index in [4.69, 9.17) is 10.5 Å². The van der Waals surface area contributed by atoms with Gasteiger partial charge in [-0.2, -0.15) is 17.9 Å². The molecule has 0 saturated carbocycles. The van der Waals surface area contributed by atoms with Crippen LogP contribution in [0, 0.1) is 0 Å². The van der Waals surface area contributed by atoms with Gasteiger partial charge in [-0.1, -0.05) is 30.3 Å². The second-order valence-electron chi connectivity index (χ2n) is 7.54. The van der Waals surface area contributed by atoms with Crippen LogP contribution < -0.4 is 10.5 Å². The molecule has 10 heteroatoms. The lowest BCUT2D eigenvalue weighted by atomic mass is 9.90. The molecule has 0 spiro atoms. The number of tetrazole rings is 1. The van der Waals surface area contributed by atoms with Gasteiger partial charge in [-0.3, -0.25) is 4.90 Å². The Hall–Kier alpha value is -2.98. The van der Waals surface area contributed by atoms with Gasteiger partial charge >= 0.3 is 6.18 Å². The molecular weight excluding hydrogens is 409 g/mol. The number of likely N-dealkylation sites (tertiary alicyclic amines) is 1. The van der Waals surface area contributed by atoms with Crippen LogP contribution in [-0.4, -0.2) is 44.8 Å². The fourth-order valence-electron chi connectivity index (χ4n) is 4.16. The van der Waals surface area contributed by atoms with Crippen molar-refractivity contribution >= 4 is 0 Å². The molecule has 164 valence electrons. The molecule has 1 aliphatic rings. The zero-order valence-electron chi connectivity index (χ0n) is 17.0. The van der Waals surface area contributed by atoms with Crippen LogP contribution in [0.5, 0.6) is 5.75 Å². The third-order valence-corrected chi connectivity index (χ3v) is 5.53. The van der Waals surface area contributed by atoms with Crippen molar-refractivity contribution in [2.75, 3.05) is 13.7 Å². The number of aromatic nitrogens is 4. The molecule has 0 unspecified atom stereocenters. The first-order valence-corrected chi connectivity index (χ1v) is 9.96. The van der Waals surface area contributed by atoms with Crippen LogP contribution >= 0.6 is 0 Å². The van der Waals surface area contributed by atoms with Gasteiger partial charge in [0.15, 0.2) is 0 Å².